The molecule has 0 aromatic heterocycles. The highest BCUT2D eigenvalue weighted by Crippen LogP contribution is 2.32. The van der Waals surface area contributed by atoms with Gasteiger partial charge in [-0.25, -0.2) is 0 Å². The van der Waals surface area contributed by atoms with Crippen LogP contribution in [0.15, 0.2) is 0 Å². The van der Waals surface area contributed by atoms with E-state index in [1.165, 1.54) is 71.0 Å². The molecular formula is C18H36N2. The highest BCUT2D eigenvalue weighted by atomic mass is 15.2. The predicted molar refractivity (Wildman–Crippen MR) is 88.1 cm³/mol. The van der Waals surface area contributed by atoms with E-state index in [4.69, 9.17) is 0 Å². The Kier molecular flexibility index (Phi) is 6.83. The predicted octanol–water partition coefficient (Wildman–Crippen LogP) is 4.06. The van der Waals surface area contributed by atoms with Gasteiger partial charge in [0.15, 0.2) is 0 Å². The summed E-state index contributed by atoms with van der Waals surface area (Å²) in [6.07, 6.45) is 11.5. The molecule has 0 amide bonds. The molecule has 118 valence electrons. The van der Waals surface area contributed by atoms with Crippen molar-refractivity contribution in [2.75, 3.05) is 19.6 Å². The Labute approximate surface area is 126 Å². The van der Waals surface area contributed by atoms with Gasteiger partial charge in [0.1, 0.15) is 0 Å². The summed E-state index contributed by atoms with van der Waals surface area (Å²) in [5.74, 6) is 1.86. The van der Waals surface area contributed by atoms with Gasteiger partial charge in [-0.3, -0.25) is 4.90 Å². The molecule has 1 saturated heterocycles. The van der Waals surface area contributed by atoms with Crippen molar-refractivity contribution in [3.05, 3.63) is 0 Å². The molecule has 2 aliphatic rings. The molecule has 0 spiro atoms. The lowest BCUT2D eigenvalue weighted by Crippen LogP contribution is -2.48. The van der Waals surface area contributed by atoms with Gasteiger partial charge in [-0.1, -0.05) is 40.0 Å². The summed E-state index contributed by atoms with van der Waals surface area (Å²) in [5, 5.41) is 3.72. The van der Waals surface area contributed by atoms with Gasteiger partial charge in [-0.2, -0.15) is 0 Å². The second-order valence-electron chi connectivity index (χ2n) is 7.55. The van der Waals surface area contributed by atoms with Crippen LogP contribution in [0.5, 0.6) is 0 Å². The molecule has 1 N–H and O–H groups in total. The van der Waals surface area contributed by atoms with Crippen LogP contribution in [0.2, 0.25) is 0 Å². The topological polar surface area (TPSA) is 15.3 Å². The molecule has 1 aliphatic heterocycles. The largest absolute Gasteiger partial charge is 0.313 e. The Hall–Kier alpha value is -0.0800. The van der Waals surface area contributed by atoms with Crippen molar-refractivity contribution in [1.29, 1.82) is 0 Å². The second kappa shape index (κ2) is 8.38. The maximum atomic E-state index is 3.72. The van der Waals surface area contributed by atoms with Gasteiger partial charge < -0.3 is 5.32 Å². The standard InChI is InChI=1S/C18H36N2/c1-4-20(14-17-9-5-6-11-19-17)18-10-7-8-16(13-18)12-15(2)3/h15-19H,4-14H2,1-3H3. The average molecular weight is 280 g/mol. The Morgan fingerprint density at radius 3 is 2.60 bits per heavy atom. The molecule has 2 nitrogen and oxygen atoms in total. The van der Waals surface area contributed by atoms with Crippen molar-refractivity contribution in [2.45, 2.75) is 84.2 Å². The quantitative estimate of drug-likeness (QED) is 0.789. The number of rotatable bonds is 6. The zero-order valence-corrected chi connectivity index (χ0v) is 14.0. The summed E-state index contributed by atoms with van der Waals surface area (Å²) in [7, 11) is 0. The Balaban J connectivity index is 1.82. The van der Waals surface area contributed by atoms with Gasteiger partial charge in [0.25, 0.3) is 0 Å². The van der Waals surface area contributed by atoms with E-state index < -0.39 is 0 Å². The van der Waals surface area contributed by atoms with E-state index in [0.29, 0.717) is 0 Å². The molecular weight excluding hydrogens is 244 g/mol. The van der Waals surface area contributed by atoms with Crippen molar-refractivity contribution in [3.8, 4) is 0 Å². The third-order valence-corrected chi connectivity index (χ3v) is 5.35. The second-order valence-corrected chi connectivity index (χ2v) is 7.55. The number of nitrogens with one attached hydrogen (secondary N) is 1. The monoisotopic (exact) mass is 280 g/mol. The molecule has 0 radical (unpaired) electrons. The SMILES string of the molecule is CCN(CC1CCCCN1)C1CCCC(CC(C)C)C1. The molecule has 2 rings (SSSR count). The minimum Gasteiger partial charge on any atom is -0.313 e. The van der Waals surface area contributed by atoms with Gasteiger partial charge in [0, 0.05) is 18.6 Å². The van der Waals surface area contributed by atoms with Crippen molar-refractivity contribution in [2.24, 2.45) is 11.8 Å². The van der Waals surface area contributed by atoms with Crippen LogP contribution in [-0.4, -0.2) is 36.6 Å². The first-order valence-electron chi connectivity index (χ1n) is 9.16. The number of hydrogen-bond acceptors (Lipinski definition) is 2. The highest BCUT2D eigenvalue weighted by molar-refractivity contribution is 4.84. The fourth-order valence-electron chi connectivity index (χ4n) is 4.37. The minimum atomic E-state index is 0.758. The maximum Gasteiger partial charge on any atom is 0.0195 e. The fraction of sp³-hybridized carbons (Fsp3) is 1.00. The van der Waals surface area contributed by atoms with E-state index in [1.807, 2.05) is 0 Å². The van der Waals surface area contributed by atoms with E-state index in [0.717, 1.165) is 23.9 Å². The van der Waals surface area contributed by atoms with E-state index >= 15 is 0 Å². The smallest absolute Gasteiger partial charge is 0.0195 e. The van der Waals surface area contributed by atoms with Crippen LogP contribution >= 0.6 is 0 Å². The van der Waals surface area contributed by atoms with Crippen LogP contribution in [0.25, 0.3) is 0 Å². The first-order valence-corrected chi connectivity index (χ1v) is 9.16. The molecule has 0 aromatic carbocycles. The van der Waals surface area contributed by atoms with Gasteiger partial charge in [-0.15, -0.1) is 0 Å². The number of nitrogens with zero attached hydrogens (tertiary/aromatic N) is 1. The molecule has 3 unspecified atom stereocenters. The third kappa shape index (κ3) is 5.04. The van der Waals surface area contributed by atoms with Crippen molar-refractivity contribution in [3.63, 3.8) is 0 Å². The average Bonchev–Trinajstić information content (AvgIpc) is 2.45. The van der Waals surface area contributed by atoms with Gasteiger partial charge in [-0.05, 0) is 57.0 Å². The first kappa shape index (κ1) is 16.3. The van der Waals surface area contributed by atoms with Crippen LogP contribution in [-0.2, 0) is 0 Å². The summed E-state index contributed by atoms with van der Waals surface area (Å²) in [6.45, 7) is 10.9. The molecule has 2 heteroatoms. The van der Waals surface area contributed by atoms with Crippen molar-refractivity contribution >= 4 is 0 Å². The summed E-state index contributed by atoms with van der Waals surface area (Å²) < 4.78 is 0. The highest BCUT2D eigenvalue weighted by Gasteiger charge is 2.28. The van der Waals surface area contributed by atoms with Crippen LogP contribution in [0.3, 0.4) is 0 Å². The lowest BCUT2D eigenvalue weighted by molar-refractivity contribution is 0.112. The van der Waals surface area contributed by atoms with Crippen molar-refractivity contribution < 1.29 is 0 Å². The third-order valence-electron chi connectivity index (χ3n) is 5.35. The minimum absolute atomic E-state index is 0.758. The van der Waals surface area contributed by atoms with Crippen molar-refractivity contribution in [1.82, 2.24) is 10.2 Å². The zero-order valence-electron chi connectivity index (χ0n) is 14.0. The number of piperidine rings is 1. The lowest BCUT2D eigenvalue weighted by Gasteiger charge is -2.40. The van der Waals surface area contributed by atoms with E-state index in [9.17, 15) is 0 Å². The van der Waals surface area contributed by atoms with Gasteiger partial charge in [0.2, 0.25) is 0 Å². The Morgan fingerprint density at radius 1 is 1.10 bits per heavy atom. The molecule has 0 bridgehead atoms. The van der Waals surface area contributed by atoms with Gasteiger partial charge in [0.05, 0.1) is 0 Å². The number of likely N-dealkylation sites (N-methyl/N-ethyl adjacent to an activating group) is 1. The molecule has 20 heavy (non-hydrogen) atoms. The molecule has 1 aliphatic carbocycles. The lowest BCUT2D eigenvalue weighted by atomic mass is 9.80. The summed E-state index contributed by atoms with van der Waals surface area (Å²) in [4.78, 5) is 2.79. The van der Waals surface area contributed by atoms with Crippen LogP contribution in [0.1, 0.15) is 72.1 Å². The van der Waals surface area contributed by atoms with E-state index in [2.05, 4.69) is 31.0 Å². The molecule has 1 heterocycles. The Bertz CT molecular complexity index is 258. The molecule has 0 aromatic rings. The summed E-state index contributed by atoms with van der Waals surface area (Å²) in [5.41, 5.74) is 0. The maximum absolute atomic E-state index is 3.72. The van der Waals surface area contributed by atoms with E-state index in [1.54, 1.807) is 0 Å². The molecule has 1 saturated carbocycles. The zero-order chi connectivity index (χ0) is 14.4. The first-order chi connectivity index (χ1) is 9.69. The van der Waals surface area contributed by atoms with Crippen LogP contribution < -0.4 is 5.32 Å². The fourth-order valence-corrected chi connectivity index (χ4v) is 4.37. The van der Waals surface area contributed by atoms with Crippen LogP contribution in [0.4, 0.5) is 0 Å². The molecule has 3 atom stereocenters. The summed E-state index contributed by atoms with van der Waals surface area (Å²) >= 11 is 0. The van der Waals surface area contributed by atoms with E-state index in [-0.39, 0.29) is 0 Å². The normalized spacial score (nSPS) is 31.9. The number of hydrogen-bond donors (Lipinski definition) is 1. The Morgan fingerprint density at radius 2 is 1.95 bits per heavy atom. The van der Waals surface area contributed by atoms with Crippen LogP contribution in [0, 0.1) is 11.8 Å². The van der Waals surface area contributed by atoms with Gasteiger partial charge >= 0.3 is 0 Å². The summed E-state index contributed by atoms with van der Waals surface area (Å²) in [6, 6.07) is 1.62. The molecule has 2 fully saturated rings.